The van der Waals surface area contributed by atoms with Crippen LogP contribution in [0.1, 0.15) is 31.7 Å². The van der Waals surface area contributed by atoms with Crippen molar-refractivity contribution >= 4 is 5.97 Å². The lowest BCUT2D eigenvalue weighted by atomic mass is 9.64. The summed E-state index contributed by atoms with van der Waals surface area (Å²) in [5.41, 5.74) is 0.638. The Morgan fingerprint density at radius 1 is 1.29 bits per heavy atom. The molecule has 1 aromatic rings. The molecule has 0 heterocycles. The summed E-state index contributed by atoms with van der Waals surface area (Å²) in [4.78, 5) is 11.9. The molecule has 1 aliphatic rings. The minimum atomic E-state index is -0.403. The van der Waals surface area contributed by atoms with Crippen LogP contribution in [-0.2, 0) is 14.9 Å². The van der Waals surface area contributed by atoms with Crippen molar-refractivity contribution in [3.8, 4) is 5.75 Å². The molecule has 3 heteroatoms. The first-order valence-electron chi connectivity index (χ1n) is 6.04. The first-order valence-corrected chi connectivity index (χ1v) is 6.04. The van der Waals surface area contributed by atoms with E-state index in [-0.39, 0.29) is 5.97 Å². The zero-order valence-corrected chi connectivity index (χ0v) is 10.4. The summed E-state index contributed by atoms with van der Waals surface area (Å²) in [6.07, 6.45) is 2.85. The molecule has 17 heavy (non-hydrogen) atoms. The van der Waals surface area contributed by atoms with E-state index in [1.165, 1.54) is 7.11 Å². The quantitative estimate of drug-likeness (QED) is 0.751. The number of ether oxygens (including phenoxy) is 2. The average Bonchev–Trinajstić information content (AvgIpc) is 2.30. The summed E-state index contributed by atoms with van der Waals surface area (Å²) in [5, 5.41) is 0. The fraction of sp³-hybridized carbons (Fsp3) is 0.500. The van der Waals surface area contributed by atoms with Gasteiger partial charge in [-0.1, -0.05) is 18.6 Å². The second-order valence-electron chi connectivity index (χ2n) is 4.38. The molecule has 1 fully saturated rings. The average molecular weight is 234 g/mol. The largest absolute Gasteiger partial charge is 0.494 e. The third-order valence-electron chi connectivity index (χ3n) is 3.50. The zero-order chi connectivity index (χ0) is 12.3. The number of benzene rings is 1. The van der Waals surface area contributed by atoms with Crippen LogP contribution in [-0.4, -0.2) is 19.7 Å². The molecular weight excluding hydrogens is 216 g/mol. The van der Waals surface area contributed by atoms with Crippen LogP contribution in [0, 0.1) is 0 Å². The van der Waals surface area contributed by atoms with E-state index in [4.69, 9.17) is 9.47 Å². The van der Waals surface area contributed by atoms with E-state index in [9.17, 15) is 4.79 Å². The lowest BCUT2D eigenvalue weighted by Crippen LogP contribution is -2.43. The third-order valence-corrected chi connectivity index (χ3v) is 3.50. The highest BCUT2D eigenvalue weighted by Gasteiger charge is 2.46. The molecule has 0 bridgehead atoms. The lowest BCUT2D eigenvalue weighted by Gasteiger charge is -2.39. The first-order chi connectivity index (χ1) is 8.23. The molecule has 92 valence electrons. The molecule has 0 N–H and O–H groups in total. The molecule has 0 atom stereocenters. The molecule has 1 saturated carbocycles. The predicted octanol–water partition coefficient (Wildman–Crippen LogP) is 2.68. The first kappa shape index (κ1) is 12.0. The van der Waals surface area contributed by atoms with Gasteiger partial charge in [0.2, 0.25) is 0 Å². The van der Waals surface area contributed by atoms with Gasteiger partial charge in [0.1, 0.15) is 5.75 Å². The topological polar surface area (TPSA) is 35.5 Å². The Balaban J connectivity index is 2.23. The molecular formula is C14H18O3. The Hall–Kier alpha value is -1.51. The van der Waals surface area contributed by atoms with E-state index >= 15 is 0 Å². The molecule has 0 aliphatic heterocycles. The minimum absolute atomic E-state index is 0.118. The van der Waals surface area contributed by atoms with Crippen molar-refractivity contribution in [2.45, 2.75) is 31.6 Å². The molecule has 0 unspecified atom stereocenters. The SMILES string of the molecule is CCOc1ccc(C2(C(=O)OC)CCC2)cc1. The second-order valence-corrected chi connectivity index (χ2v) is 4.38. The Bertz CT molecular complexity index is 390. The van der Waals surface area contributed by atoms with Crippen molar-refractivity contribution in [3.63, 3.8) is 0 Å². The van der Waals surface area contributed by atoms with Crippen molar-refractivity contribution in [2.75, 3.05) is 13.7 Å². The number of rotatable bonds is 4. The summed E-state index contributed by atoms with van der Waals surface area (Å²) in [6.45, 7) is 2.61. The molecule has 1 aromatic carbocycles. The Morgan fingerprint density at radius 2 is 1.94 bits per heavy atom. The summed E-state index contributed by atoms with van der Waals surface area (Å²) in [5.74, 6) is 0.725. The van der Waals surface area contributed by atoms with E-state index < -0.39 is 5.41 Å². The van der Waals surface area contributed by atoms with E-state index in [1.54, 1.807) is 0 Å². The molecule has 0 saturated heterocycles. The summed E-state index contributed by atoms with van der Waals surface area (Å²) in [6, 6.07) is 7.78. The highest BCUT2D eigenvalue weighted by Crippen LogP contribution is 2.44. The fourth-order valence-corrected chi connectivity index (χ4v) is 2.37. The van der Waals surface area contributed by atoms with Crippen molar-refractivity contribution in [3.05, 3.63) is 29.8 Å². The van der Waals surface area contributed by atoms with Crippen LogP contribution in [0.15, 0.2) is 24.3 Å². The number of hydrogen-bond donors (Lipinski definition) is 0. The normalized spacial score (nSPS) is 17.1. The number of carbonyl (C=O) groups is 1. The maximum Gasteiger partial charge on any atom is 0.316 e. The van der Waals surface area contributed by atoms with Crippen molar-refractivity contribution < 1.29 is 14.3 Å². The van der Waals surface area contributed by atoms with Gasteiger partial charge < -0.3 is 9.47 Å². The fourth-order valence-electron chi connectivity index (χ4n) is 2.37. The standard InChI is InChI=1S/C14H18O3/c1-3-17-12-7-5-11(6-8-12)14(9-4-10-14)13(15)16-2/h5-8H,3-4,9-10H2,1-2H3. The van der Waals surface area contributed by atoms with Crippen LogP contribution >= 0.6 is 0 Å². The van der Waals surface area contributed by atoms with Crippen LogP contribution in [0.5, 0.6) is 5.75 Å². The van der Waals surface area contributed by atoms with Gasteiger partial charge in [-0.2, -0.15) is 0 Å². The predicted molar refractivity (Wildman–Crippen MR) is 65.2 cm³/mol. The van der Waals surface area contributed by atoms with Gasteiger partial charge in [-0.25, -0.2) is 0 Å². The lowest BCUT2D eigenvalue weighted by molar-refractivity contribution is -0.151. The molecule has 0 aromatic heterocycles. The van der Waals surface area contributed by atoms with Crippen LogP contribution in [0.3, 0.4) is 0 Å². The number of carbonyl (C=O) groups excluding carboxylic acids is 1. The Morgan fingerprint density at radius 3 is 2.35 bits per heavy atom. The van der Waals surface area contributed by atoms with Crippen LogP contribution < -0.4 is 4.74 Å². The maximum atomic E-state index is 11.9. The molecule has 1 aliphatic carbocycles. The Kier molecular flexibility index (Phi) is 3.36. The van der Waals surface area contributed by atoms with Crippen LogP contribution in [0.25, 0.3) is 0 Å². The molecule has 3 nitrogen and oxygen atoms in total. The summed E-state index contributed by atoms with van der Waals surface area (Å²) >= 11 is 0. The molecule has 2 rings (SSSR count). The van der Waals surface area contributed by atoms with E-state index in [1.807, 2.05) is 31.2 Å². The number of methoxy groups -OCH3 is 1. The van der Waals surface area contributed by atoms with Gasteiger partial charge in [-0.15, -0.1) is 0 Å². The summed E-state index contributed by atoms with van der Waals surface area (Å²) < 4.78 is 10.3. The van der Waals surface area contributed by atoms with Crippen molar-refractivity contribution in [2.24, 2.45) is 0 Å². The van der Waals surface area contributed by atoms with Crippen molar-refractivity contribution in [1.29, 1.82) is 0 Å². The van der Waals surface area contributed by atoms with Gasteiger partial charge in [-0.3, -0.25) is 4.79 Å². The van der Waals surface area contributed by atoms with Gasteiger partial charge in [0, 0.05) is 0 Å². The molecule has 0 spiro atoms. The van der Waals surface area contributed by atoms with Gasteiger partial charge in [0.25, 0.3) is 0 Å². The van der Waals surface area contributed by atoms with Gasteiger partial charge >= 0.3 is 5.97 Å². The molecule has 0 amide bonds. The van der Waals surface area contributed by atoms with E-state index in [0.717, 1.165) is 30.6 Å². The minimum Gasteiger partial charge on any atom is -0.494 e. The van der Waals surface area contributed by atoms with Crippen LogP contribution in [0.4, 0.5) is 0 Å². The van der Waals surface area contributed by atoms with Gasteiger partial charge in [0.15, 0.2) is 0 Å². The second kappa shape index (κ2) is 4.78. The van der Waals surface area contributed by atoms with Crippen molar-refractivity contribution in [1.82, 2.24) is 0 Å². The molecule has 0 radical (unpaired) electrons. The Labute approximate surface area is 102 Å². The van der Waals surface area contributed by atoms with Gasteiger partial charge in [-0.05, 0) is 37.5 Å². The number of hydrogen-bond acceptors (Lipinski definition) is 3. The highest BCUT2D eigenvalue weighted by molar-refractivity contribution is 5.84. The van der Waals surface area contributed by atoms with Crippen LogP contribution in [0.2, 0.25) is 0 Å². The summed E-state index contributed by atoms with van der Waals surface area (Å²) in [7, 11) is 1.46. The third kappa shape index (κ3) is 2.02. The zero-order valence-electron chi connectivity index (χ0n) is 10.4. The van der Waals surface area contributed by atoms with E-state index in [2.05, 4.69) is 0 Å². The monoisotopic (exact) mass is 234 g/mol. The highest BCUT2D eigenvalue weighted by atomic mass is 16.5. The number of esters is 1. The smallest absolute Gasteiger partial charge is 0.316 e. The van der Waals surface area contributed by atoms with Gasteiger partial charge in [0.05, 0.1) is 19.1 Å². The maximum absolute atomic E-state index is 11.9. The van der Waals surface area contributed by atoms with E-state index in [0.29, 0.717) is 6.61 Å².